The molecule has 1 aliphatic rings. The Kier molecular flexibility index (Phi) is 6.41. The van der Waals surface area contributed by atoms with Gasteiger partial charge in [0.25, 0.3) is 0 Å². The zero-order chi connectivity index (χ0) is 22.6. The second kappa shape index (κ2) is 9.01. The van der Waals surface area contributed by atoms with Gasteiger partial charge in [0, 0.05) is 27.6 Å². The van der Waals surface area contributed by atoms with E-state index in [9.17, 15) is 19.5 Å². The number of hydrogen-bond acceptors (Lipinski definition) is 5. The van der Waals surface area contributed by atoms with E-state index in [1.807, 2.05) is 6.92 Å². The van der Waals surface area contributed by atoms with E-state index in [0.717, 1.165) is 6.08 Å². The second-order valence-electron chi connectivity index (χ2n) is 6.72. The van der Waals surface area contributed by atoms with Crippen molar-refractivity contribution < 1.29 is 29.3 Å². The molecule has 1 atom stereocenters. The van der Waals surface area contributed by atoms with Crippen molar-refractivity contribution in [2.45, 2.75) is 18.9 Å². The summed E-state index contributed by atoms with van der Waals surface area (Å²) in [6, 6.07) is 10.8. The molecule has 3 N–H and O–H groups in total. The lowest BCUT2D eigenvalue weighted by molar-refractivity contribution is -0.141. The van der Waals surface area contributed by atoms with Gasteiger partial charge in [0.1, 0.15) is 0 Å². The molecular weight excluding hydrogens is 424 g/mol. The van der Waals surface area contributed by atoms with E-state index in [4.69, 9.17) is 21.4 Å². The Morgan fingerprint density at radius 1 is 1.19 bits per heavy atom. The predicted molar refractivity (Wildman–Crippen MR) is 113 cm³/mol. The zero-order valence-electron chi connectivity index (χ0n) is 16.5. The maximum atomic E-state index is 12.6. The van der Waals surface area contributed by atoms with Crippen LogP contribution in [0.25, 0.3) is 5.57 Å². The van der Waals surface area contributed by atoms with Crippen molar-refractivity contribution in [3.8, 4) is 0 Å². The molecule has 0 saturated heterocycles. The summed E-state index contributed by atoms with van der Waals surface area (Å²) in [4.78, 5) is 40.0. The zero-order valence-corrected chi connectivity index (χ0v) is 17.2. The SMILES string of the molecule is CCCOC(=O)Nc1cccc(C2(C(=O)O)N=c3cc(Cl)ccc3=C2C=CC(=O)O)c1. The fraction of sp³-hybridized carbons (Fsp3) is 0.182. The van der Waals surface area contributed by atoms with Crippen LogP contribution >= 0.6 is 11.6 Å². The number of rotatable bonds is 7. The second-order valence-corrected chi connectivity index (χ2v) is 7.15. The Hall–Kier alpha value is -3.65. The molecule has 0 bridgehead atoms. The van der Waals surface area contributed by atoms with Crippen LogP contribution in [0.15, 0.2) is 59.6 Å². The number of carboxylic acids is 2. The Morgan fingerprint density at radius 2 is 1.97 bits per heavy atom. The number of benzene rings is 2. The number of carboxylic acid groups (broad SMARTS) is 2. The number of nitrogens with zero attached hydrogens (tertiary/aromatic N) is 1. The van der Waals surface area contributed by atoms with Crippen LogP contribution < -0.4 is 15.9 Å². The van der Waals surface area contributed by atoms with Crippen molar-refractivity contribution in [1.29, 1.82) is 0 Å². The topological polar surface area (TPSA) is 125 Å². The average molecular weight is 443 g/mol. The summed E-state index contributed by atoms with van der Waals surface area (Å²) in [5.74, 6) is -2.54. The quantitative estimate of drug-likeness (QED) is 0.566. The fourth-order valence-corrected chi connectivity index (χ4v) is 3.47. The number of fused-ring (bicyclic) bond motifs is 1. The van der Waals surface area contributed by atoms with Crippen molar-refractivity contribution in [2.24, 2.45) is 4.99 Å². The number of nitrogens with one attached hydrogen (secondary N) is 1. The van der Waals surface area contributed by atoms with Crippen LogP contribution in [0.4, 0.5) is 10.5 Å². The molecule has 31 heavy (non-hydrogen) atoms. The van der Waals surface area contributed by atoms with Gasteiger partial charge in [-0.25, -0.2) is 14.4 Å². The van der Waals surface area contributed by atoms with Gasteiger partial charge in [-0.2, -0.15) is 0 Å². The van der Waals surface area contributed by atoms with Crippen LogP contribution in [0, 0.1) is 0 Å². The van der Waals surface area contributed by atoms with Gasteiger partial charge >= 0.3 is 18.0 Å². The molecule has 0 spiro atoms. The van der Waals surface area contributed by atoms with Crippen LogP contribution in [0.2, 0.25) is 5.02 Å². The van der Waals surface area contributed by atoms with Crippen LogP contribution in [0.3, 0.4) is 0 Å². The monoisotopic (exact) mass is 442 g/mol. The highest BCUT2D eigenvalue weighted by Crippen LogP contribution is 2.38. The number of aliphatic carboxylic acids is 2. The average Bonchev–Trinajstić information content (AvgIpc) is 3.05. The van der Waals surface area contributed by atoms with Gasteiger partial charge in [0.2, 0.25) is 5.54 Å². The van der Waals surface area contributed by atoms with Crippen LogP contribution in [0.5, 0.6) is 0 Å². The molecule has 8 nitrogen and oxygen atoms in total. The Morgan fingerprint density at radius 3 is 2.65 bits per heavy atom. The molecule has 0 radical (unpaired) electrons. The van der Waals surface area contributed by atoms with Crippen LogP contribution in [-0.2, 0) is 19.9 Å². The highest BCUT2D eigenvalue weighted by Gasteiger charge is 2.46. The summed E-state index contributed by atoms with van der Waals surface area (Å²) < 4.78 is 5.00. The molecule has 1 amide bonds. The van der Waals surface area contributed by atoms with E-state index >= 15 is 0 Å². The van der Waals surface area contributed by atoms with E-state index in [1.165, 1.54) is 18.2 Å². The van der Waals surface area contributed by atoms with E-state index in [1.54, 1.807) is 30.3 Å². The fourth-order valence-electron chi connectivity index (χ4n) is 3.30. The van der Waals surface area contributed by atoms with Crippen molar-refractivity contribution in [3.05, 3.63) is 75.8 Å². The van der Waals surface area contributed by atoms with Gasteiger partial charge in [-0.1, -0.05) is 36.7 Å². The lowest BCUT2D eigenvalue weighted by atomic mass is 9.82. The Labute approximate surface area is 182 Å². The lowest BCUT2D eigenvalue weighted by Crippen LogP contribution is -2.34. The van der Waals surface area contributed by atoms with Gasteiger partial charge in [-0.3, -0.25) is 10.3 Å². The first-order chi connectivity index (χ1) is 14.8. The van der Waals surface area contributed by atoms with Crippen molar-refractivity contribution in [2.75, 3.05) is 11.9 Å². The summed E-state index contributed by atoms with van der Waals surface area (Å²) in [6.07, 6.45) is 2.06. The first kappa shape index (κ1) is 22.0. The van der Waals surface area contributed by atoms with Gasteiger partial charge in [-0.15, -0.1) is 0 Å². The number of carbonyl (C=O) groups excluding carboxylic acids is 1. The molecule has 2 aromatic carbocycles. The molecule has 0 aliphatic carbocycles. The van der Waals surface area contributed by atoms with Gasteiger partial charge in [0.15, 0.2) is 0 Å². The van der Waals surface area contributed by atoms with Crippen molar-refractivity contribution in [3.63, 3.8) is 0 Å². The van der Waals surface area contributed by atoms with Crippen LogP contribution in [-0.4, -0.2) is 34.9 Å². The molecule has 3 rings (SSSR count). The smallest absolute Gasteiger partial charge is 0.411 e. The minimum atomic E-state index is -1.93. The first-order valence-corrected chi connectivity index (χ1v) is 9.74. The third kappa shape index (κ3) is 4.44. The Bertz CT molecular complexity index is 1210. The summed E-state index contributed by atoms with van der Waals surface area (Å²) in [5, 5.41) is 23.0. The minimum absolute atomic E-state index is 0.166. The molecule has 2 aromatic rings. The maximum absolute atomic E-state index is 12.6. The minimum Gasteiger partial charge on any atom is -0.479 e. The molecule has 9 heteroatoms. The number of carbonyl (C=O) groups is 3. The predicted octanol–water partition coefficient (Wildman–Crippen LogP) is 2.70. The first-order valence-electron chi connectivity index (χ1n) is 9.37. The molecule has 1 unspecified atom stereocenters. The normalized spacial score (nSPS) is 17.2. The van der Waals surface area contributed by atoms with Gasteiger partial charge < -0.3 is 14.9 Å². The standard InChI is InChI=1S/C22H19ClN2O6/c1-2-10-31-21(30)24-15-5-3-4-13(11-15)22(20(28)29)17(8-9-19(26)27)16-7-6-14(23)12-18(16)25-22/h3-9,11-12H,2,10H2,1H3,(H,24,30)(H,26,27)(H,28,29). The highest BCUT2D eigenvalue weighted by molar-refractivity contribution is 6.30. The summed E-state index contributed by atoms with van der Waals surface area (Å²) in [5.41, 5.74) is -1.22. The van der Waals surface area contributed by atoms with E-state index in [0.29, 0.717) is 27.7 Å². The molecule has 0 aromatic heterocycles. The molecule has 0 saturated carbocycles. The number of halogens is 1. The summed E-state index contributed by atoms with van der Waals surface area (Å²) >= 11 is 6.05. The highest BCUT2D eigenvalue weighted by atomic mass is 35.5. The molecule has 0 fully saturated rings. The number of anilines is 1. The van der Waals surface area contributed by atoms with Crippen molar-refractivity contribution >= 4 is 40.9 Å². The van der Waals surface area contributed by atoms with E-state index < -0.39 is 23.6 Å². The van der Waals surface area contributed by atoms with E-state index in [-0.39, 0.29) is 17.7 Å². The van der Waals surface area contributed by atoms with Gasteiger partial charge in [0.05, 0.1) is 12.0 Å². The lowest BCUT2D eigenvalue weighted by Gasteiger charge is -2.25. The third-order valence-corrected chi connectivity index (χ3v) is 4.83. The molecule has 1 heterocycles. The maximum Gasteiger partial charge on any atom is 0.411 e. The van der Waals surface area contributed by atoms with Gasteiger partial charge in [-0.05, 0) is 42.3 Å². The number of ether oxygens (including phenoxy) is 1. The summed E-state index contributed by atoms with van der Waals surface area (Å²) in [7, 11) is 0. The third-order valence-electron chi connectivity index (χ3n) is 4.59. The largest absolute Gasteiger partial charge is 0.479 e. The molecule has 1 aliphatic heterocycles. The number of amides is 1. The number of hydrogen-bond donors (Lipinski definition) is 3. The Balaban J connectivity index is 2.18. The van der Waals surface area contributed by atoms with Crippen LogP contribution in [0.1, 0.15) is 18.9 Å². The summed E-state index contributed by atoms with van der Waals surface area (Å²) in [6.45, 7) is 2.10. The van der Waals surface area contributed by atoms with E-state index in [2.05, 4.69) is 10.3 Å². The molecule has 160 valence electrons. The van der Waals surface area contributed by atoms with Crippen molar-refractivity contribution in [1.82, 2.24) is 0 Å². The molecular formula is C22H19ClN2O6.